The first-order valence-corrected chi connectivity index (χ1v) is 9.37. The Morgan fingerprint density at radius 1 is 0.826 bits per heavy atom. The molecule has 0 saturated heterocycles. The minimum atomic E-state index is 0.871. The van der Waals surface area contributed by atoms with Gasteiger partial charge in [0, 0.05) is 28.8 Å². The third kappa shape index (κ3) is 3.14. The summed E-state index contributed by atoms with van der Waals surface area (Å²) in [6.45, 7) is 1.74. The second-order valence-electron chi connectivity index (χ2n) is 5.38. The first-order chi connectivity index (χ1) is 11.4. The van der Waals surface area contributed by atoms with Gasteiger partial charge in [0.15, 0.2) is 6.54 Å². The van der Waals surface area contributed by atoms with Crippen LogP contribution in [0.3, 0.4) is 0 Å². The van der Waals surface area contributed by atoms with Crippen LogP contribution in [-0.4, -0.2) is 5.71 Å². The fraction of sp³-hybridized carbons (Fsp3) is 0.105. The van der Waals surface area contributed by atoms with Crippen LogP contribution in [0.5, 0.6) is 0 Å². The van der Waals surface area contributed by atoms with E-state index in [0.717, 1.165) is 13.1 Å². The van der Waals surface area contributed by atoms with Crippen LogP contribution >= 0.6 is 22.7 Å². The van der Waals surface area contributed by atoms with Gasteiger partial charge in [-0.3, -0.25) is 0 Å². The lowest BCUT2D eigenvalue weighted by molar-refractivity contribution is -0.472. The maximum absolute atomic E-state index is 3.58. The van der Waals surface area contributed by atoms with Crippen molar-refractivity contribution in [2.75, 3.05) is 0 Å². The van der Waals surface area contributed by atoms with Gasteiger partial charge < -0.3 is 5.32 Å². The third-order valence-corrected chi connectivity index (χ3v) is 5.62. The molecule has 1 aromatic carbocycles. The highest BCUT2D eigenvalue weighted by molar-refractivity contribution is 7.10. The smallest absolute Gasteiger partial charge is 0.208 e. The Labute approximate surface area is 143 Å². The molecule has 2 N–H and O–H groups in total. The second-order valence-corrected chi connectivity index (χ2v) is 7.45. The van der Waals surface area contributed by atoms with Crippen molar-refractivity contribution in [1.29, 1.82) is 0 Å². The van der Waals surface area contributed by atoms with Crippen molar-refractivity contribution in [3.63, 3.8) is 0 Å². The highest BCUT2D eigenvalue weighted by Crippen LogP contribution is 2.24. The maximum atomic E-state index is 3.58. The van der Waals surface area contributed by atoms with Gasteiger partial charge in [0.2, 0.25) is 5.71 Å². The molecule has 0 radical (unpaired) electrons. The van der Waals surface area contributed by atoms with E-state index in [9.17, 15) is 0 Å². The van der Waals surface area contributed by atoms with Crippen LogP contribution in [0.25, 0.3) is 5.70 Å². The zero-order valence-corrected chi connectivity index (χ0v) is 14.2. The molecule has 0 unspecified atom stereocenters. The Bertz CT molecular complexity index is 843. The van der Waals surface area contributed by atoms with E-state index in [2.05, 4.69) is 75.7 Å². The van der Waals surface area contributed by atoms with E-state index < -0.39 is 0 Å². The van der Waals surface area contributed by atoms with Crippen molar-refractivity contribution in [3.8, 4) is 0 Å². The first-order valence-electron chi connectivity index (χ1n) is 7.61. The average molecular weight is 337 g/mol. The van der Waals surface area contributed by atoms with Crippen LogP contribution in [0.2, 0.25) is 0 Å². The molecule has 2 aromatic heterocycles. The second kappa shape index (κ2) is 6.52. The van der Waals surface area contributed by atoms with Crippen molar-refractivity contribution < 1.29 is 4.99 Å². The standard InChI is InChI=1S/C19H16N2S2/c1-2-8-17-16(7-1)18(20-12-14-5-3-9-22-14)11-19(17)21-13-15-6-4-10-23-15/h1-11,20H,12-13H2/p+1. The number of hydrogen-bond acceptors (Lipinski definition) is 3. The Hall–Kier alpha value is -2.17. The summed E-state index contributed by atoms with van der Waals surface area (Å²) in [5, 5.41) is 7.81. The summed E-state index contributed by atoms with van der Waals surface area (Å²) in [4.78, 5) is 6.28. The van der Waals surface area contributed by atoms with Crippen molar-refractivity contribution >= 4 is 34.1 Å². The van der Waals surface area contributed by atoms with Crippen LogP contribution in [0.15, 0.2) is 65.4 Å². The predicted octanol–water partition coefficient (Wildman–Crippen LogP) is 3.02. The fourth-order valence-corrected chi connectivity index (χ4v) is 4.03. The number of thiophene rings is 2. The first kappa shape index (κ1) is 14.4. The molecule has 1 aliphatic rings. The molecule has 4 rings (SSSR count). The van der Waals surface area contributed by atoms with Crippen molar-refractivity contribution in [2.24, 2.45) is 0 Å². The molecule has 0 amide bonds. The summed E-state index contributed by atoms with van der Waals surface area (Å²) in [6, 6.07) is 17.1. The number of allylic oxidation sites excluding steroid dienone is 1. The van der Waals surface area contributed by atoms with Crippen molar-refractivity contribution in [1.82, 2.24) is 5.32 Å². The SMILES string of the molecule is C1=C(NCc2cccs2)c2ccccc2C1=[NH+]Cc1cccs1. The Balaban J connectivity index is 1.58. The highest BCUT2D eigenvalue weighted by Gasteiger charge is 2.22. The quantitative estimate of drug-likeness (QED) is 0.735. The summed E-state index contributed by atoms with van der Waals surface area (Å²) in [7, 11) is 0. The minimum absolute atomic E-state index is 0.871. The van der Waals surface area contributed by atoms with E-state index >= 15 is 0 Å². The van der Waals surface area contributed by atoms with Gasteiger partial charge in [-0.15, -0.1) is 22.7 Å². The number of fused-ring (bicyclic) bond motifs is 1. The molecule has 4 heteroatoms. The summed E-state index contributed by atoms with van der Waals surface area (Å²) in [5.74, 6) is 0. The summed E-state index contributed by atoms with van der Waals surface area (Å²) in [6.07, 6.45) is 2.23. The van der Waals surface area contributed by atoms with Gasteiger partial charge in [-0.2, -0.15) is 0 Å². The molecule has 0 bridgehead atoms. The van der Waals surface area contributed by atoms with Crippen LogP contribution in [0.4, 0.5) is 0 Å². The highest BCUT2D eigenvalue weighted by atomic mass is 32.1. The van der Waals surface area contributed by atoms with Gasteiger partial charge in [0.1, 0.15) is 0 Å². The molecule has 2 nitrogen and oxygen atoms in total. The number of hydrogen-bond donors (Lipinski definition) is 2. The Kier molecular flexibility index (Phi) is 4.09. The van der Waals surface area contributed by atoms with Gasteiger partial charge in [0.25, 0.3) is 0 Å². The van der Waals surface area contributed by atoms with E-state index in [4.69, 9.17) is 0 Å². The van der Waals surface area contributed by atoms with E-state index in [0.29, 0.717) is 0 Å². The van der Waals surface area contributed by atoms with Crippen LogP contribution < -0.4 is 10.3 Å². The maximum Gasteiger partial charge on any atom is 0.208 e. The van der Waals surface area contributed by atoms with Crippen molar-refractivity contribution in [3.05, 3.63) is 86.2 Å². The lowest BCUT2D eigenvalue weighted by Gasteiger charge is -2.06. The largest absolute Gasteiger partial charge is 0.379 e. The molecular weight excluding hydrogens is 320 g/mol. The van der Waals surface area contributed by atoms with E-state index in [-0.39, 0.29) is 0 Å². The average Bonchev–Trinajstić information content (AvgIpc) is 3.32. The molecule has 2 heterocycles. The molecule has 0 saturated carbocycles. The molecule has 0 spiro atoms. The molecule has 23 heavy (non-hydrogen) atoms. The molecule has 0 aliphatic heterocycles. The summed E-state index contributed by atoms with van der Waals surface area (Å²) in [5.41, 5.74) is 4.95. The van der Waals surface area contributed by atoms with Gasteiger partial charge in [-0.1, -0.05) is 30.3 Å². The van der Waals surface area contributed by atoms with Crippen LogP contribution in [0, 0.1) is 0 Å². The predicted molar refractivity (Wildman–Crippen MR) is 98.7 cm³/mol. The summed E-state index contributed by atoms with van der Waals surface area (Å²) >= 11 is 3.57. The van der Waals surface area contributed by atoms with Crippen LogP contribution in [-0.2, 0) is 13.1 Å². The molecular formula is C19H17N2S2+. The van der Waals surface area contributed by atoms with Gasteiger partial charge in [-0.25, -0.2) is 4.99 Å². The number of benzene rings is 1. The van der Waals surface area contributed by atoms with E-state index in [1.165, 1.54) is 32.3 Å². The Morgan fingerprint density at radius 2 is 1.57 bits per heavy atom. The third-order valence-electron chi connectivity index (χ3n) is 3.86. The van der Waals surface area contributed by atoms with Crippen LogP contribution in [0.1, 0.15) is 20.9 Å². The molecule has 0 atom stereocenters. The molecule has 1 aliphatic carbocycles. The molecule has 3 aromatic rings. The lowest BCUT2D eigenvalue weighted by atomic mass is 10.1. The van der Waals surface area contributed by atoms with E-state index in [1.54, 1.807) is 22.7 Å². The zero-order valence-electron chi connectivity index (χ0n) is 12.6. The number of rotatable bonds is 5. The molecule has 114 valence electrons. The molecule has 0 fully saturated rings. The normalized spacial score (nSPS) is 14.8. The lowest BCUT2D eigenvalue weighted by Crippen LogP contribution is -2.70. The van der Waals surface area contributed by atoms with E-state index in [1.807, 2.05) is 0 Å². The summed E-state index contributed by atoms with van der Waals surface area (Å²) < 4.78 is 0. The van der Waals surface area contributed by atoms with Gasteiger partial charge in [-0.05, 0) is 29.0 Å². The topological polar surface area (TPSA) is 26.0 Å². The van der Waals surface area contributed by atoms with Gasteiger partial charge >= 0.3 is 0 Å². The minimum Gasteiger partial charge on any atom is -0.379 e. The van der Waals surface area contributed by atoms with Gasteiger partial charge in [0.05, 0.1) is 10.4 Å². The number of nitrogens with one attached hydrogen (secondary N) is 2. The zero-order chi connectivity index (χ0) is 15.5. The Morgan fingerprint density at radius 3 is 2.30 bits per heavy atom. The monoisotopic (exact) mass is 337 g/mol. The van der Waals surface area contributed by atoms with Crippen molar-refractivity contribution in [2.45, 2.75) is 13.1 Å². The fourth-order valence-electron chi connectivity index (χ4n) is 2.74.